The number of unbranched alkanes of at least 4 members (excludes halogenated alkanes) is 1. The van der Waals surface area contributed by atoms with Crippen LogP contribution in [0.4, 0.5) is 0 Å². The molecule has 1 amide bonds. The van der Waals surface area contributed by atoms with Crippen molar-refractivity contribution < 1.29 is 14.7 Å². The van der Waals surface area contributed by atoms with Crippen LogP contribution in [0.3, 0.4) is 0 Å². The minimum Gasteiger partial charge on any atom is -0.480 e. The summed E-state index contributed by atoms with van der Waals surface area (Å²) < 4.78 is 0. The Morgan fingerprint density at radius 1 is 0.811 bits per heavy atom. The highest BCUT2D eigenvalue weighted by atomic mass is 16.4. The Kier molecular flexibility index (Phi) is 7.43. The van der Waals surface area contributed by atoms with Gasteiger partial charge in [-0.1, -0.05) is 92.2 Å². The molecule has 1 heterocycles. The first kappa shape index (κ1) is 25.2. The number of carbonyl (C=O) groups is 2. The van der Waals surface area contributed by atoms with E-state index < -0.39 is 11.4 Å². The lowest BCUT2D eigenvalue weighted by atomic mass is 9.74. The highest BCUT2D eigenvalue weighted by molar-refractivity contribution is 5.97. The lowest BCUT2D eigenvalue weighted by Crippen LogP contribution is -2.50. The molecule has 0 saturated carbocycles. The van der Waals surface area contributed by atoms with Gasteiger partial charge in [0.05, 0.1) is 5.92 Å². The summed E-state index contributed by atoms with van der Waals surface area (Å²) in [6.45, 7) is 6.25. The van der Waals surface area contributed by atoms with Gasteiger partial charge in [0.2, 0.25) is 5.91 Å². The molecule has 0 radical (unpaired) electrons. The molecule has 0 aromatic heterocycles. The number of amides is 1. The molecule has 1 unspecified atom stereocenters. The van der Waals surface area contributed by atoms with Crippen LogP contribution in [-0.4, -0.2) is 59.5 Å². The van der Waals surface area contributed by atoms with E-state index in [4.69, 9.17) is 0 Å². The van der Waals surface area contributed by atoms with Gasteiger partial charge in [0, 0.05) is 26.2 Å². The maximum absolute atomic E-state index is 13.2. The third kappa shape index (κ3) is 4.69. The summed E-state index contributed by atoms with van der Waals surface area (Å²) in [5.74, 6) is -0.603. The van der Waals surface area contributed by atoms with Gasteiger partial charge in [0.15, 0.2) is 0 Å². The molecule has 3 aromatic rings. The van der Waals surface area contributed by atoms with Crippen molar-refractivity contribution in [2.24, 2.45) is 0 Å². The first-order valence-corrected chi connectivity index (χ1v) is 13.5. The van der Waals surface area contributed by atoms with Crippen LogP contribution in [0.15, 0.2) is 78.9 Å². The third-order valence-corrected chi connectivity index (χ3v) is 8.30. The molecule has 5 rings (SSSR count). The van der Waals surface area contributed by atoms with Crippen LogP contribution in [0, 0.1) is 0 Å². The normalized spacial score (nSPS) is 17.2. The number of hydrogen-bond acceptors (Lipinski definition) is 3. The van der Waals surface area contributed by atoms with Gasteiger partial charge in [-0.15, -0.1) is 0 Å². The molecular formula is C32H36N2O3. The van der Waals surface area contributed by atoms with Gasteiger partial charge in [-0.3, -0.25) is 14.5 Å². The molecule has 3 aromatic carbocycles. The van der Waals surface area contributed by atoms with Gasteiger partial charge in [0.1, 0.15) is 5.41 Å². The first-order chi connectivity index (χ1) is 18.1. The second kappa shape index (κ2) is 10.9. The van der Waals surface area contributed by atoms with Crippen LogP contribution in [0.1, 0.15) is 55.2 Å². The zero-order chi connectivity index (χ0) is 25.8. The number of piperazine rings is 1. The smallest absolute Gasteiger partial charge is 0.318 e. The summed E-state index contributed by atoms with van der Waals surface area (Å²) in [6, 6.07) is 26.0. The van der Waals surface area contributed by atoms with Crippen molar-refractivity contribution in [2.45, 2.75) is 43.9 Å². The fourth-order valence-electron chi connectivity index (χ4n) is 6.31. The van der Waals surface area contributed by atoms with E-state index in [1.54, 1.807) is 0 Å². The topological polar surface area (TPSA) is 60.9 Å². The maximum Gasteiger partial charge on any atom is 0.318 e. The predicted octanol–water partition coefficient (Wildman–Crippen LogP) is 5.55. The van der Waals surface area contributed by atoms with Gasteiger partial charge in [-0.2, -0.15) is 0 Å². The molecule has 0 bridgehead atoms. The van der Waals surface area contributed by atoms with Crippen molar-refractivity contribution in [2.75, 3.05) is 32.7 Å². The predicted molar refractivity (Wildman–Crippen MR) is 147 cm³/mol. The molecule has 37 heavy (non-hydrogen) atoms. The number of carboxylic acid groups (broad SMARTS) is 1. The van der Waals surface area contributed by atoms with Crippen LogP contribution in [0.25, 0.3) is 11.1 Å². The van der Waals surface area contributed by atoms with Crippen LogP contribution in [-0.2, 0) is 15.0 Å². The molecule has 1 aliphatic carbocycles. The summed E-state index contributed by atoms with van der Waals surface area (Å²) in [7, 11) is 0. The van der Waals surface area contributed by atoms with E-state index in [9.17, 15) is 14.7 Å². The fourth-order valence-corrected chi connectivity index (χ4v) is 6.31. The van der Waals surface area contributed by atoms with Crippen LogP contribution in [0.2, 0.25) is 0 Å². The van der Waals surface area contributed by atoms with Gasteiger partial charge in [-0.25, -0.2) is 0 Å². The summed E-state index contributed by atoms with van der Waals surface area (Å²) in [4.78, 5) is 30.4. The van der Waals surface area contributed by atoms with Crippen LogP contribution in [0.5, 0.6) is 0 Å². The van der Waals surface area contributed by atoms with Gasteiger partial charge in [-0.05, 0) is 53.6 Å². The SMILES string of the molecule is CCC(C(=O)N1CCN(CCCCC2(C(=O)O)c3ccccc3-c3ccccc32)CC1)c1ccccc1. The Labute approximate surface area is 219 Å². The van der Waals surface area contributed by atoms with Crippen LogP contribution < -0.4 is 0 Å². The highest BCUT2D eigenvalue weighted by Gasteiger charge is 2.48. The highest BCUT2D eigenvalue weighted by Crippen LogP contribution is 2.51. The monoisotopic (exact) mass is 496 g/mol. The Bertz CT molecular complexity index is 1200. The quantitative estimate of drug-likeness (QED) is 0.395. The molecular weight excluding hydrogens is 460 g/mol. The number of nitrogens with zero attached hydrogens (tertiary/aromatic N) is 2. The van der Waals surface area contributed by atoms with E-state index >= 15 is 0 Å². The molecule has 2 aliphatic rings. The van der Waals surface area contributed by atoms with Crippen molar-refractivity contribution in [1.29, 1.82) is 0 Å². The Balaban J connectivity index is 1.17. The average Bonchev–Trinajstić information content (AvgIpc) is 3.23. The van der Waals surface area contributed by atoms with Crippen molar-refractivity contribution in [3.05, 3.63) is 95.6 Å². The summed E-state index contributed by atoms with van der Waals surface area (Å²) in [5, 5.41) is 10.5. The number of aliphatic carboxylic acids is 1. The number of benzene rings is 3. The second-order valence-electron chi connectivity index (χ2n) is 10.3. The average molecular weight is 497 g/mol. The Morgan fingerprint density at radius 2 is 1.38 bits per heavy atom. The van der Waals surface area contributed by atoms with Gasteiger partial charge in [0.25, 0.3) is 0 Å². The largest absolute Gasteiger partial charge is 0.480 e. The molecule has 1 fully saturated rings. The number of carbonyl (C=O) groups excluding carboxylic acids is 1. The molecule has 1 atom stereocenters. The van der Waals surface area contributed by atoms with E-state index in [0.717, 1.165) is 79.8 Å². The van der Waals surface area contributed by atoms with Crippen molar-refractivity contribution in [3.63, 3.8) is 0 Å². The lowest BCUT2D eigenvalue weighted by Gasteiger charge is -2.36. The minimum atomic E-state index is -0.981. The molecule has 0 spiro atoms. The number of rotatable bonds is 9. The number of carboxylic acids is 1. The van der Waals surface area contributed by atoms with E-state index in [0.29, 0.717) is 6.42 Å². The van der Waals surface area contributed by atoms with Crippen molar-refractivity contribution in [3.8, 4) is 11.1 Å². The fraction of sp³-hybridized carbons (Fsp3) is 0.375. The summed E-state index contributed by atoms with van der Waals surface area (Å²) >= 11 is 0. The minimum absolute atomic E-state index is 0.0721. The number of fused-ring (bicyclic) bond motifs is 3. The van der Waals surface area contributed by atoms with Gasteiger partial charge >= 0.3 is 5.97 Å². The molecule has 1 N–H and O–H groups in total. The molecule has 1 aliphatic heterocycles. The Morgan fingerprint density at radius 3 is 1.95 bits per heavy atom. The molecule has 192 valence electrons. The standard InChI is InChI=1S/C32H36N2O3/c1-2-25(24-12-4-3-5-13-24)30(35)34-22-20-33(21-23-34)19-11-10-18-32(31(36)37)28-16-8-6-14-26(28)27-15-7-9-17-29(27)32/h3-9,12-17,25H,2,10-11,18-23H2,1H3,(H,36,37). The zero-order valence-corrected chi connectivity index (χ0v) is 21.6. The first-order valence-electron chi connectivity index (χ1n) is 13.5. The van der Waals surface area contributed by atoms with Crippen molar-refractivity contribution in [1.82, 2.24) is 9.80 Å². The summed E-state index contributed by atoms with van der Waals surface area (Å²) in [5.41, 5.74) is 4.04. The zero-order valence-electron chi connectivity index (χ0n) is 21.6. The van der Waals surface area contributed by atoms with Crippen LogP contribution >= 0.6 is 0 Å². The maximum atomic E-state index is 13.2. The molecule has 5 heteroatoms. The Hall–Kier alpha value is -3.44. The van der Waals surface area contributed by atoms with Crippen molar-refractivity contribution >= 4 is 11.9 Å². The lowest BCUT2D eigenvalue weighted by molar-refractivity contribution is -0.142. The van der Waals surface area contributed by atoms with E-state index in [-0.39, 0.29) is 11.8 Å². The van der Waals surface area contributed by atoms with E-state index in [1.807, 2.05) is 83.8 Å². The molecule has 1 saturated heterocycles. The van der Waals surface area contributed by atoms with Gasteiger partial charge < -0.3 is 10.0 Å². The van der Waals surface area contributed by atoms with E-state index in [2.05, 4.69) is 11.8 Å². The van der Waals surface area contributed by atoms with E-state index in [1.165, 1.54) is 0 Å². The second-order valence-corrected chi connectivity index (χ2v) is 10.3. The number of hydrogen-bond donors (Lipinski definition) is 1. The third-order valence-electron chi connectivity index (χ3n) is 8.30. The molecule has 5 nitrogen and oxygen atoms in total. The summed E-state index contributed by atoms with van der Waals surface area (Å²) in [6.07, 6.45) is 3.17.